The van der Waals surface area contributed by atoms with Crippen LogP contribution in [0.2, 0.25) is 0 Å². The zero-order chi connectivity index (χ0) is 27.9. The molecule has 3 aromatic carbocycles. The minimum Gasteiger partial charge on any atom is -0.497 e. The number of anilines is 1. The van der Waals surface area contributed by atoms with E-state index in [1.165, 1.54) is 24.1 Å². The summed E-state index contributed by atoms with van der Waals surface area (Å²) in [5.41, 5.74) is 2.81. The topological polar surface area (TPSA) is 96.0 Å². The van der Waals surface area contributed by atoms with E-state index in [0.29, 0.717) is 17.9 Å². The Hall–Kier alpha value is -3.85. The molecule has 0 saturated heterocycles. The number of amides is 2. The predicted octanol–water partition coefficient (Wildman–Crippen LogP) is 4.06. The second kappa shape index (κ2) is 12.6. The highest BCUT2D eigenvalue weighted by molar-refractivity contribution is 7.92. The fraction of sp³-hybridized carbons (Fsp3) is 0.310. The van der Waals surface area contributed by atoms with Gasteiger partial charge in [0.25, 0.3) is 10.0 Å². The van der Waals surface area contributed by atoms with Crippen LogP contribution in [0.4, 0.5) is 5.69 Å². The summed E-state index contributed by atoms with van der Waals surface area (Å²) in [5.74, 6) is -0.205. The molecular formula is C29H35N3O5S. The van der Waals surface area contributed by atoms with E-state index < -0.39 is 28.5 Å². The Kier molecular flexibility index (Phi) is 9.52. The molecule has 0 bridgehead atoms. The van der Waals surface area contributed by atoms with Gasteiger partial charge in [0, 0.05) is 13.6 Å². The normalized spacial score (nSPS) is 11.9. The molecule has 38 heavy (non-hydrogen) atoms. The third-order valence-corrected chi connectivity index (χ3v) is 8.35. The Balaban J connectivity index is 2.10. The fourth-order valence-corrected chi connectivity index (χ4v) is 5.79. The summed E-state index contributed by atoms with van der Waals surface area (Å²) < 4.78 is 34.2. The van der Waals surface area contributed by atoms with E-state index in [9.17, 15) is 18.0 Å². The average molecular weight is 538 g/mol. The van der Waals surface area contributed by atoms with E-state index in [0.717, 1.165) is 21.0 Å². The second-order valence-corrected chi connectivity index (χ2v) is 10.8. The highest BCUT2D eigenvalue weighted by Gasteiger charge is 2.34. The van der Waals surface area contributed by atoms with Gasteiger partial charge in [-0.2, -0.15) is 0 Å². The van der Waals surface area contributed by atoms with Gasteiger partial charge in [-0.25, -0.2) is 8.42 Å². The lowest BCUT2D eigenvalue weighted by atomic mass is 10.1. The van der Waals surface area contributed by atoms with E-state index in [-0.39, 0.29) is 17.3 Å². The SMILES string of the molecule is CC[C@@H](C(=O)NC)N(Cc1cccc(OC)c1)C(=O)CN(c1cccc(C)c1C)S(=O)(=O)c1ccccc1. The van der Waals surface area contributed by atoms with Crippen molar-refractivity contribution in [2.45, 2.75) is 44.7 Å². The molecule has 0 radical (unpaired) electrons. The van der Waals surface area contributed by atoms with Crippen LogP contribution < -0.4 is 14.4 Å². The summed E-state index contributed by atoms with van der Waals surface area (Å²) in [6.07, 6.45) is 0.351. The summed E-state index contributed by atoms with van der Waals surface area (Å²) >= 11 is 0. The van der Waals surface area contributed by atoms with Crippen molar-refractivity contribution in [2.24, 2.45) is 0 Å². The zero-order valence-corrected chi connectivity index (χ0v) is 23.3. The van der Waals surface area contributed by atoms with Crippen molar-refractivity contribution in [1.29, 1.82) is 0 Å². The van der Waals surface area contributed by atoms with E-state index in [2.05, 4.69) is 5.32 Å². The number of carbonyl (C=O) groups excluding carboxylic acids is 2. The number of likely N-dealkylation sites (N-methyl/N-ethyl adjacent to an activating group) is 1. The monoisotopic (exact) mass is 537 g/mol. The van der Waals surface area contributed by atoms with Crippen LogP contribution in [0.3, 0.4) is 0 Å². The summed E-state index contributed by atoms with van der Waals surface area (Å²) in [6.45, 7) is 5.17. The molecule has 3 aromatic rings. The molecule has 0 unspecified atom stereocenters. The van der Waals surface area contributed by atoms with Crippen LogP contribution >= 0.6 is 0 Å². The minimum absolute atomic E-state index is 0.0754. The number of benzene rings is 3. The number of aryl methyl sites for hydroxylation is 1. The van der Waals surface area contributed by atoms with Crippen LogP contribution in [-0.4, -0.2) is 51.9 Å². The Morgan fingerprint density at radius 2 is 1.66 bits per heavy atom. The summed E-state index contributed by atoms with van der Waals surface area (Å²) in [7, 11) is -1.03. The molecule has 0 saturated carbocycles. The number of sulfonamides is 1. The molecule has 0 heterocycles. The molecule has 202 valence electrons. The molecule has 1 N–H and O–H groups in total. The highest BCUT2D eigenvalue weighted by atomic mass is 32.2. The average Bonchev–Trinajstić information content (AvgIpc) is 2.93. The quantitative estimate of drug-likeness (QED) is 0.398. The van der Waals surface area contributed by atoms with Crippen LogP contribution in [0, 0.1) is 13.8 Å². The molecule has 8 nitrogen and oxygen atoms in total. The van der Waals surface area contributed by atoms with Crippen molar-refractivity contribution < 1.29 is 22.7 Å². The van der Waals surface area contributed by atoms with Crippen molar-refractivity contribution in [3.05, 3.63) is 89.5 Å². The van der Waals surface area contributed by atoms with Crippen molar-refractivity contribution in [1.82, 2.24) is 10.2 Å². The Morgan fingerprint density at radius 3 is 2.29 bits per heavy atom. The first kappa shape index (κ1) is 28.7. The summed E-state index contributed by atoms with van der Waals surface area (Å²) in [4.78, 5) is 28.3. The maximum absolute atomic E-state index is 14.0. The molecule has 0 aromatic heterocycles. The molecule has 0 aliphatic heterocycles. The number of carbonyl (C=O) groups is 2. The third kappa shape index (κ3) is 6.34. The largest absolute Gasteiger partial charge is 0.497 e. The minimum atomic E-state index is -4.10. The molecule has 2 amide bonds. The molecule has 0 aliphatic rings. The van der Waals surface area contributed by atoms with Gasteiger partial charge in [0.2, 0.25) is 11.8 Å². The van der Waals surface area contributed by atoms with E-state index in [1.54, 1.807) is 55.6 Å². The molecule has 0 spiro atoms. The van der Waals surface area contributed by atoms with Crippen LogP contribution in [-0.2, 0) is 26.2 Å². The van der Waals surface area contributed by atoms with Crippen LogP contribution in [0.15, 0.2) is 77.7 Å². The van der Waals surface area contributed by atoms with Crippen molar-refractivity contribution in [3.63, 3.8) is 0 Å². The van der Waals surface area contributed by atoms with E-state index in [1.807, 2.05) is 32.9 Å². The zero-order valence-electron chi connectivity index (χ0n) is 22.5. The molecule has 3 rings (SSSR count). The van der Waals surface area contributed by atoms with Gasteiger partial charge < -0.3 is 15.0 Å². The first-order valence-electron chi connectivity index (χ1n) is 12.4. The Labute approximate surface area is 225 Å². The van der Waals surface area contributed by atoms with Gasteiger partial charge in [-0.3, -0.25) is 13.9 Å². The lowest BCUT2D eigenvalue weighted by Crippen LogP contribution is -2.51. The van der Waals surface area contributed by atoms with Crippen molar-refractivity contribution in [2.75, 3.05) is 25.0 Å². The van der Waals surface area contributed by atoms with Gasteiger partial charge in [-0.1, -0.05) is 49.4 Å². The van der Waals surface area contributed by atoms with Crippen molar-refractivity contribution in [3.8, 4) is 5.75 Å². The molecule has 1 atom stereocenters. The number of methoxy groups -OCH3 is 1. The van der Waals surface area contributed by atoms with Gasteiger partial charge in [-0.05, 0) is 67.3 Å². The standard InChI is InChI=1S/C29H35N3O5S/c1-6-26(29(34)30-4)31(19-23-13-11-14-24(18-23)37-5)28(33)20-32(27-17-10-12-21(2)22(27)3)38(35,36)25-15-8-7-9-16-25/h7-18,26H,6,19-20H2,1-5H3,(H,30,34)/t26-/m0/s1. The second-order valence-electron chi connectivity index (χ2n) is 8.96. The predicted molar refractivity (Wildman–Crippen MR) is 149 cm³/mol. The number of nitrogens with one attached hydrogen (secondary N) is 1. The van der Waals surface area contributed by atoms with Crippen LogP contribution in [0.25, 0.3) is 0 Å². The highest BCUT2D eigenvalue weighted by Crippen LogP contribution is 2.29. The fourth-order valence-electron chi connectivity index (χ4n) is 4.29. The van der Waals surface area contributed by atoms with E-state index in [4.69, 9.17) is 4.74 Å². The van der Waals surface area contributed by atoms with Gasteiger partial charge in [0.15, 0.2) is 0 Å². The Bertz CT molecular complexity index is 1380. The summed E-state index contributed by atoms with van der Waals surface area (Å²) in [5, 5.41) is 2.63. The maximum atomic E-state index is 14.0. The molecular weight excluding hydrogens is 502 g/mol. The first-order valence-corrected chi connectivity index (χ1v) is 13.9. The number of hydrogen-bond acceptors (Lipinski definition) is 5. The molecule has 0 aliphatic carbocycles. The van der Waals surface area contributed by atoms with Gasteiger partial charge in [0.05, 0.1) is 17.7 Å². The van der Waals surface area contributed by atoms with E-state index >= 15 is 0 Å². The lowest BCUT2D eigenvalue weighted by Gasteiger charge is -2.33. The maximum Gasteiger partial charge on any atom is 0.264 e. The number of ether oxygens (including phenoxy) is 1. The number of nitrogens with zero attached hydrogens (tertiary/aromatic N) is 2. The Morgan fingerprint density at radius 1 is 0.974 bits per heavy atom. The number of hydrogen-bond donors (Lipinski definition) is 1. The number of rotatable bonds is 11. The molecule has 9 heteroatoms. The van der Waals surface area contributed by atoms with Gasteiger partial charge in [0.1, 0.15) is 18.3 Å². The smallest absolute Gasteiger partial charge is 0.264 e. The lowest BCUT2D eigenvalue weighted by molar-refractivity contribution is -0.140. The van der Waals surface area contributed by atoms with Gasteiger partial charge >= 0.3 is 0 Å². The van der Waals surface area contributed by atoms with Crippen molar-refractivity contribution >= 4 is 27.5 Å². The molecule has 0 fully saturated rings. The first-order chi connectivity index (χ1) is 18.1. The van der Waals surface area contributed by atoms with Gasteiger partial charge in [-0.15, -0.1) is 0 Å². The third-order valence-electron chi connectivity index (χ3n) is 6.57. The van der Waals surface area contributed by atoms with Crippen LogP contribution in [0.5, 0.6) is 5.75 Å². The van der Waals surface area contributed by atoms with Crippen LogP contribution in [0.1, 0.15) is 30.0 Å². The summed E-state index contributed by atoms with van der Waals surface area (Å²) in [6, 6.07) is 19.8.